The number of hydrogen-bond acceptors (Lipinski definition) is 1. The Kier molecular flexibility index (Phi) is 6.70. The zero-order valence-electron chi connectivity index (χ0n) is 13.3. The van der Waals surface area contributed by atoms with Crippen LogP contribution < -0.4 is 5.32 Å². The van der Waals surface area contributed by atoms with E-state index >= 15 is 0 Å². The summed E-state index contributed by atoms with van der Waals surface area (Å²) in [5.74, 6) is 3.07. The number of rotatable bonds is 7. The predicted octanol–water partition coefficient (Wildman–Crippen LogP) is 5.15. The molecule has 1 N–H and O–H groups in total. The molecule has 0 aromatic heterocycles. The van der Waals surface area contributed by atoms with E-state index in [-0.39, 0.29) is 0 Å². The van der Waals surface area contributed by atoms with Crippen molar-refractivity contribution in [3.63, 3.8) is 0 Å². The average Bonchev–Trinajstić information content (AvgIpc) is 2.97. The van der Waals surface area contributed by atoms with Crippen molar-refractivity contribution in [3.05, 3.63) is 0 Å². The summed E-state index contributed by atoms with van der Waals surface area (Å²) in [5.41, 5.74) is 0. The van der Waals surface area contributed by atoms with Crippen molar-refractivity contribution in [1.82, 2.24) is 5.32 Å². The molecule has 2 fully saturated rings. The molecule has 0 amide bonds. The summed E-state index contributed by atoms with van der Waals surface area (Å²) in [7, 11) is 0. The highest BCUT2D eigenvalue weighted by molar-refractivity contribution is 4.82. The van der Waals surface area contributed by atoms with Crippen LogP contribution in [0.25, 0.3) is 0 Å². The summed E-state index contributed by atoms with van der Waals surface area (Å²) in [6, 6.07) is 0.823. The van der Waals surface area contributed by atoms with Crippen LogP contribution in [-0.2, 0) is 0 Å². The van der Waals surface area contributed by atoms with Gasteiger partial charge in [-0.1, -0.05) is 58.8 Å². The van der Waals surface area contributed by atoms with Crippen molar-refractivity contribution in [3.8, 4) is 0 Å². The highest BCUT2D eigenvalue weighted by atomic mass is 14.9. The molecule has 0 bridgehead atoms. The van der Waals surface area contributed by atoms with Gasteiger partial charge in [-0.05, 0) is 50.0 Å². The fourth-order valence-electron chi connectivity index (χ4n) is 4.48. The van der Waals surface area contributed by atoms with Gasteiger partial charge in [0.05, 0.1) is 0 Å². The van der Waals surface area contributed by atoms with E-state index in [1.54, 1.807) is 0 Å². The maximum absolute atomic E-state index is 3.81. The molecular formula is C18H35N. The summed E-state index contributed by atoms with van der Waals surface area (Å²) in [5, 5.41) is 3.81. The maximum Gasteiger partial charge on any atom is 0.00953 e. The summed E-state index contributed by atoms with van der Waals surface area (Å²) >= 11 is 0. The topological polar surface area (TPSA) is 12.0 Å². The minimum atomic E-state index is 0.823. The van der Waals surface area contributed by atoms with E-state index in [1.807, 2.05) is 0 Å². The molecular weight excluding hydrogens is 230 g/mol. The Labute approximate surface area is 120 Å². The lowest BCUT2D eigenvalue weighted by Gasteiger charge is -2.34. The Morgan fingerprint density at radius 3 is 2.16 bits per heavy atom. The standard InChI is InChI=1S/C18H35N/c1-3-15-9-12-17(13-10-15)18(19-4-2)14-11-16-7-5-6-8-16/h15-19H,3-14H2,1-2H3. The molecule has 2 aliphatic rings. The van der Waals surface area contributed by atoms with Gasteiger partial charge in [0.15, 0.2) is 0 Å². The molecule has 1 atom stereocenters. The van der Waals surface area contributed by atoms with Crippen LogP contribution in [0.5, 0.6) is 0 Å². The minimum absolute atomic E-state index is 0.823. The molecule has 1 unspecified atom stereocenters. The molecule has 2 aliphatic carbocycles. The molecule has 19 heavy (non-hydrogen) atoms. The van der Waals surface area contributed by atoms with Gasteiger partial charge in [0.2, 0.25) is 0 Å². The second-order valence-corrected chi connectivity index (χ2v) is 7.08. The maximum atomic E-state index is 3.81. The van der Waals surface area contributed by atoms with Crippen LogP contribution in [0, 0.1) is 17.8 Å². The Morgan fingerprint density at radius 2 is 1.58 bits per heavy atom. The second-order valence-electron chi connectivity index (χ2n) is 7.08. The van der Waals surface area contributed by atoms with Gasteiger partial charge in [-0.15, -0.1) is 0 Å². The summed E-state index contributed by atoms with van der Waals surface area (Å²) < 4.78 is 0. The second kappa shape index (κ2) is 8.29. The van der Waals surface area contributed by atoms with Crippen LogP contribution in [0.15, 0.2) is 0 Å². The monoisotopic (exact) mass is 265 g/mol. The molecule has 112 valence electrons. The van der Waals surface area contributed by atoms with Gasteiger partial charge in [-0.25, -0.2) is 0 Å². The molecule has 0 aromatic carbocycles. The third-order valence-corrected chi connectivity index (χ3v) is 5.86. The molecule has 0 radical (unpaired) electrons. The zero-order chi connectivity index (χ0) is 13.5. The van der Waals surface area contributed by atoms with E-state index in [0.29, 0.717) is 0 Å². The van der Waals surface area contributed by atoms with Gasteiger partial charge in [-0.3, -0.25) is 0 Å². The summed E-state index contributed by atoms with van der Waals surface area (Å²) in [6.07, 6.45) is 16.3. The number of nitrogens with one attached hydrogen (secondary N) is 1. The van der Waals surface area contributed by atoms with Crippen LogP contribution in [0.3, 0.4) is 0 Å². The third-order valence-electron chi connectivity index (χ3n) is 5.86. The SMILES string of the molecule is CCNC(CCC1CCCC1)C1CCC(CC)CC1. The Bertz CT molecular complexity index is 224. The van der Waals surface area contributed by atoms with E-state index < -0.39 is 0 Å². The van der Waals surface area contributed by atoms with E-state index in [0.717, 1.165) is 30.3 Å². The summed E-state index contributed by atoms with van der Waals surface area (Å²) in [4.78, 5) is 0. The van der Waals surface area contributed by atoms with Crippen molar-refractivity contribution >= 4 is 0 Å². The lowest BCUT2D eigenvalue weighted by atomic mass is 9.76. The quantitative estimate of drug-likeness (QED) is 0.671. The van der Waals surface area contributed by atoms with Gasteiger partial charge in [-0.2, -0.15) is 0 Å². The first-order valence-corrected chi connectivity index (χ1v) is 9.06. The van der Waals surface area contributed by atoms with Crippen molar-refractivity contribution in [2.45, 2.75) is 90.5 Å². The normalized spacial score (nSPS) is 30.6. The van der Waals surface area contributed by atoms with E-state index in [4.69, 9.17) is 0 Å². The van der Waals surface area contributed by atoms with Gasteiger partial charge in [0.25, 0.3) is 0 Å². The lowest BCUT2D eigenvalue weighted by Crippen LogP contribution is -2.38. The minimum Gasteiger partial charge on any atom is -0.314 e. The van der Waals surface area contributed by atoms with Crippen molar-refractivity contribution in [1.29, 1.82) is 0 Å². The van der Waals surface area contributed by atoms with Gasteiger partial charge >= 0.3 is 0 Å². The lowest BCUT2D eigenvalue weighted by molar-refractivity contribution is 0.205. The zero-order valence-corrected chi connectivity index (χ0v) is 13.3. The largest absolute Gasteiger partial charge is 0.314 e. The third kappa shape index (κ3) is 4.77. The molecule has 0 aliphatic heterocycles. The molecule has 0 spiro atoms. The molecule has 1 heteroatoms. The Hall–Kier alpha value is -0.0400. The first-order chi connectivity index (χ1) is 9.33. The van der Waals surface area contributed by atoms with Gasteiger partial charge in [0, 0.05) is 6.04 Å². The number of hydrogen-bond donors (Lipinski definition) is 1. The molecule has 0 heterocycles. The van der Waals surface area contributed by atoms with E-state index in [9.17, 15) is 0 Å². The molecule has 0 saturated heterocycles. The van der Waals surface area contributed by atoms with Gasteiger partial charge < -0.3 is 5.32 Å². The first kappa shape index (κ1) is 15.4. The van der Waals surface area contributed by atoms with Crippen LogP contribution in [0.1, 0.15) is 84.5 Å². The average molecular weight is 265 g/mol. The van der Waals surface area contributed by atoms with Crippen LogP contribution >= 0.6 is 0 Å². The van der Waals surface area contributed by atoms with E-state index in [2.05, 4.69) is 19.2 Å². The van der Waals surface area contributed by atoms with Crippen LogP contribution in [-0.4, -0.2) is 12.6 Å². The Balaban J connectivity index is 1.74. The summed E-state index contributed by atoms with van der Waals surface area (Å²) in [6.45, 7) is 5.80. The Morgan fingerprint density at radius 1 is 0.895 bits per heavy atom. The van der Waals surface area contributed by atoms with Crippen molar-refractivity contribution in [2.24, 2.45) is 17.8 Å². The van der Waals surface area contributed by atoms with Crippen molar-refractivity contribution in [2.75, 3.05) is 6.54 Å². The highest BCUT2D eigenvalue weighted by Gasteiger charge is 2.27. The molecule has 0 aromatic rings. The highest BCUT2D eigenvalue weighted by Crippen LogP contribution is 2.35. The first-order valence-electron chi connectivity index (χ1n) is 9.06. The smallest absolute Gasteiger partial charge is 0.00953 e. The predicted molar refractivity (Wildman–Crippen MR) is 84.4 cm³/mol. The fourth-order valence-corrected chi connectivity index (χ4v) is 4.48. The van der Waals surface area contributed by atoms with E-state index in [1.165, 1.54) is 70.6 Å². The molecule has 1 nitrogen and oxygen atoms in total. The van der Waals surface area contributed by atoms with Crippen molar-refractivity contribution < 1.29 is 0 Å². The molecule has 2 rings (SSSR count). The van der Waals surface area contributed by atoms with Crippen LogP contribution in [0.2, 0.25) is 0 Å². The van der Waals surface area contributed by atoms with Gasteiger partial charge in [0.1, 0.15) is 0 Å². The molecule has 2 saturated carbocycles. The fraction of sp³-hybridized carbons (Fsp3) is 1.00. The van der Waals surface area contributed by atoms with Crippen LogP contribution in [0.4, 0.5) is 0 Å².